The molecule has 150 valence electrons. The molecule has 0 saturated carbocycles. The number of nitrogens with zero attached hydrogens (tertiary/aromatic N) is 3. The summed E-state index contributed by atoms with van der Waals surface area (Å²) in [7, 11) is 1.64. The number of methoxy groups -OCH3 is 1. The average molecular weight is 427 g/mol. The number of benzene rings is 2. The van der Waals surface area contributed by atoms with Gasteiger partial charge >= 0.3 is 0 Å². The molecule has 8 heteroatoms. The molecule has 6 nitrogen and oxygen atoms in total. The summed E-state index contributed by atoms with van der Waals surface area (Å²) in [6.45, 7) is 2.69. The first-order valence-corrected chi connectivity index (χ1v) is 11.1. The molecule has 1 aromatic heterocycles. The fraction of sp³-hybridized carbons (Fsp3) is 0.286. The summed E-state index contributed by atoms with van der Waals surface area (Å²) in [4.78, 5) is 15.0. The van der Waals surface area contributed by atoms with E-state index in [4.69, 9.17) is 4.74 Å². The minimum atomic E-state index is -0.237. The van der Waals surface area contributed by atoms with E-state index in [2.05, 4.69) is 21.6 Å². The molecule has 29 heavy (non-hydrogen) atoms. The summed E-state index contributed by atoms with van der Waals surface area (Å²) in [5, 5.41) is 12.1. The predicted molar refractivity (Wildman–Crippen MR) is 119 cm³/mol. The maximum atomic E-state index is 13.1. The lowest BCUT2D eigenvalue weighted by molar-refractivity contribution is -0.117. The molecule has 1 unspecified atom stereocenters. The van der Waals surface area contributed by atoms with E-state index in [9.17, 15) is 4.79 Å². The number of nitrogens with one attached hydrogen (secondary N) is 1. The number of carbonyl (C=O) groups excluding carboxylic acids is 1. The molecule has 1 aliphatic heterocycles. The van der Waals surface area contributed by atoms with Crippen molar-refractivity contribution in [2.45, 2.75) is 29.4 Å². The lowest BCUT2D eigenvalue weighted by Crippen LogP contribution is -2.40. The largest absolute Gasteiger partial charge is 0.497 e. The Bertz CT molecular complexity index is 1010. The molecule has 0 radical (unpaired) electrons. The Morgan fingerprint density at radius 2 is 2.10 bits per heavy atom. The summed E-state index contributed by atoms with van der Waals surface area (Å²) in [6.07, 6.45) is 2.02. The quantitative estimate of drug-likeness (QED) is 0.574. The number of aryl methyl sites for hydroxylation is 1. The summed E-state index contributed by atoms with van der Waals surface area (Å²) in [5.74, 6) is 0.884. The molecule has 0 aliphatic carbocycles. The maximum absolute atomic E-state index is 13.1. The molecule has 4 rings (SSSR count). The van der Waals surface area contributed by atoms with Crippen LogP contribution in [-0.2, 0) is 11.2 Å². The van der Waals surface area contributed by atoms with E-state index in [-0.39, 0.29) is 11.2 Å². The molecule has 1 N–H and O–H groups in total. The lowest BCUT2D eigenvalue weighted by Gasteiger charge is -2.31. The molecule has 1 atom stereocenters. The Labute approximate surface area is 178 Å². The highest BCUT2D eigenvalue weighted by Crippen LogP contribution is 2.34. The Morgan fingerprint density at radius 3 is 2.97 bits per heavy atom. The van der Waals surface area contributed by atoms with E-state index < -0.39 is 0 Å². The van der Waals surface area contributed by atoms with Gasteiger partial charge in [-0.05, 0) is 43.5 Å². The number of hydrogen-bond donors (Lipinski definition) is 1. The topological polar surface area (TPSA) is 67.3 Å². The molecule has 2 aromatic carbocycles. The first-order valence-electron chi connectivity index (χ1n) is 9.44. The van der Waals surface area contributed by atoms with Crippen LogP contribution in [0.15, 0.2) is 52.9 Å². The van der Waals surface area contributed by atoms with Gasteiger partial charge in [-0.15, -0.1) is 10.2 Å². The number of hydrogen-bond acceptors (Lipinski definition) is 7. The number of fused-ring (bicyclic) bond motifs is 1. The van der Waals surface area contributed by atoms with Gasteiger partial charge in [0.05, 0.1) is 12.4 Å². The fourth-order valence-corrected chi connectivity index (χ4v) is 5.29. The van der Waals surface area contributed by atoms with Crippen molar-refractivity contribution in [1.82, 2.24) is 10.2 Å². The van der Waals surface area contributed by atoms with Crippen LogP contribution in [0.1, 0.15) is 18.9 Å². The number of amides is 1. The minimum absolute atomic E-state index is 0.111. The summed E-state index contributed by atoms with van der Waals surface area (Å²) < 4.78 is 6.01. The summed E-state index contributed by atoms with van der Waals surface area (Å²) >= 11 is 2.89. The number of thioether (sulfide) groups is 1. The molecule has 0 saturated heterocycles. The standard InChI is InChI=1S/C21H22N4O2S2/c1-14(19(26)25-12-6-8-15-7-3-4-11-18(15)25)28-21-24-23-20(29-21)22-16-9-5-10-17(13-16)27-2/h3-5,7,9-11,13-14H,6,8,12H2,1-2H3,(H,22,23). The van der Waals surface area contributed by atoms with Crippen molar-refractivity contribution >= 4 is 45.5 Å². The van der Waals surface area contributed by atoms with Gasteiger partial charge in [0.1, 0.15) is 5.75 Å². The van der Waals surface area contributed by atoms with Crippen LogP contribution in [-0.4, -0.2) is 35.0 Å². The van der Waals surface area contributed by atoms with E-state index in [1.54, 1.807) is 7.11 Å². The van der Waals surface area contributed by atoms with Crippen molar-refractivity contribution in [3.8, 4) is 5.75 Å². The zero-order valence-electron chi connectivity index (χ0n) is 16.3. The van der Waals surface area contributed by atoms with Crippen LogP contribution in [0.2, 0.25) is 0 Å². The van der Waals surface area contributed by atoms with Gasteiger partial charge in [-0.2, -0.15) is 0 Å². The maximum Gasteiger partial charge on any atom is 0.240 e. The van der Waals surface area contributed by atoms with E-state index >= 15 is 0 Å². The normalized spacial score (nSPS) is 14.2. The first-order chi connectivity index (χ1) is 14.1. The second kappa shape index (κ2) is 8.84. The van der Waals surface area contributed by atoms with Crippen LogP contribution >= 0.6 is 23.1 Å². The Kier molecular flexibility index (Phi) is 6.01. The van der Waals surface area contributed by atoms with Gasteiger partial charge in [0, 0.05) is 24.0 Å². The number of para-hydroxylation sites is 1. The number of rotatable bonds is 6. The van der Waals surface area contributed by atoms with Gasteiger partial charge in [-0.1, -0.05) is 47.4 Å². The number of anilines is 3. The highest BCUT2D eigenvalue weighted by atomic mass is 32.2. The Balaban J connectivity index is 1.41. The van der Waals surface area contributed by atoms with E-state index in [1.165, 1.54) is 28.7 Å². The van der Waals surface area contributed by atoms with Crippen LogP contribution in [0.5, 0.6) is 5.75 Å². The van der Waals surface area contributed by atoms with Crippen molar-refractivity contribution in [3.63, 3.8) is 0 Å². The van der Waals surface area contributed by atoms with E-state index in [0.717, 1.165) is 40.9 Å². The monoisotopic (exact) mass is 426 g/mol. The van der Waals surface area contributed by atoms with Crippen molar-refractivity contribution in [1.29, 1.82) is 0 Å². The number of ether oxygens (including phenoxy) is 1. The van der Waals surface area contributed by atoms with Gasteiger partial charge in [0.2, 0.25) is 11.0 Å². The lowest BCUT2D eigenvalue weighted by atomic mass is 10.0. The van der Waals surface area contributed by atoms with Gasteiger partial charge < -0.3 is 15.0 Å². The van der Waals surface area contributed by atoms with Gasteiger partial charge in [-0.3, -0.25) is 4.79 Å². The van der Waals surface area contributed by atoms with Gasteiger partial charge in [0.15, 0.2) is 4.34 Å². The molecule has 0 bridgehead atoms. The average Bonchev–Trinajstić information content (AvgIpc) is 3.19. The third-order valence-electron chi connectivity index (χ3n) is 4.73. The molecule has 0 spiro atoms. The minimum Gasteiger partial charge on any atom is -0.497 e. The van der Waals surface area contributed by atoms with Crippen LogP contribution in [0, 0.1) is 0 Å². The van der Waals surface area contributed by atoms with Crippen molar-refractivity contribution in [2.24, 2.45) is 0 Å². The SMILES string of the molecule is COc1cccc(Nc2nnc(SC(C)C(=O)N3CCCc4ccccc43)s2)c1. The molecular weight excluding hydrogens is 404 g/mol. The second-order valence-corrected chi connectivity index (χ2v) is 9.28. The molecule has 3 aromatic rings. The van der Waals surface area contributed by atoms with E-state index in [1.807, 2.05) is 54.3 Å². The van der Waals surface area contributed by atoms with E-state index in [0.29, 0.717) is 5.13 Å². The highest BCUT2D eigenvalue weighted by Gasteiger charge is 2.27. The fourth-order valence-electron chi connectivity index (χ4n) is 3.32. The third kappa shape index (κ3) is 4.54. The molecule has 1 amide bonds. The third-order valence-corrected chi connectivity index (χ3v) is 6.74. The molecule has 2 heterocycles. The predicted octanol–water partition coefficient (Wildman–Crippen LogP) is 4.75. The number of carbonyl (C=O) groups is 1. The van der Waals surface area contributed by atoms with Crippen molar-refractivity contribution in [2.75, 3.05) is 23.9 Å². The summed E-state index contributed by atoms with van der Waals surface area (Å²) in [5.41, 5.74) is 3.16. The Hall–Kier alpha value is -2.58. The van der Waals surface area contributed by atoms with Crippen molar-refractivity contribution in [3.05, 3.63) is 54.1 Å². The number of aromatic nitrogens is 2. The van der Waals surface area contributed by atoms with Crippen molar-refractivity contribution < 1.29 is 9.53 Å². The zero-order valence-corrected chi connectivity index (χ0v) is 17.9. The molecule has 1 aliphatic rings. The summed E-state index contributed by atoms with van der Waals surface area (Å²) in [6, 6.07) is 15.8. The van der Waals surface area contributed by atoms with Gasteiger partial charge in [0.25, 0.3) is 0 Å². The van der Waals surface area contributed by atoms with Crippen LogP contribution in [0.3, 0.4) is 0 Å². The Morgan fingerprint density at radius 1 is 1.24 bits per heavy atom. The zero-order chi connectivity index (χ0) is 20.2. The van der Waals surface area contributed by atoms with Gasteiger partial charge in [-0.25, -0.2) is 0 Å². The van der Waals surface area contributed by atoms with Crippen LogP contribution in [0.25, 0.3) is 0 Å². The van der Waals surface area contributed by atoms with Crippen LogP contribution < -0.4 is 15.0 Å². The molecular formula is C21H22N4O2S2. The smallest absolute Gasteiger partial charge is 0.240 e. The van der Waals surface area contributed by atoms with Crippen LogP contribution in [0.4, 0.5) is 16.5 Å². The first kappa shape index (κ1) is 19.7. The second-order valence-electron chi connectivity index (χ2n) is 6.71. The highest BCUT2D eigenvalue weighted by molar-refractivity contribution is 8.02. The molecule has 0 fully saturated rings.